The number of carbonyl (C=O) groups is 2. The molecule has 6 nitrogen and oxygen atoms in total. The standard InChI is InChI=1S/C23H28N2O4/c1-2-28-23(27)17-25(16-18-12-13-18)15-14-22(26)24-20-10-6-7-11-21(20)29-19-8-4-3-5-9-19/h3-11,18H,2,12-17H2,1H3,(H,24,26). The first-order chi connectivity index (χ1) is 14.1. The number of ether oxygens (including phenoxy) is 2. The molecule has 2 aromatic carbocycles. The zero-order valence-electron chi connectivity index (χ0n) is 16.8. The summed E-state index contributed by atoms with van der Waals surface area (Å²) in [5, 5.41) is 2.93. The van der Waals surface area contributed by atoms with Gasteiger partial charge in [0.05, 0.1) is 18.8 Å². The average Bonchev–Trinajstić information content (AvgIpc) is 3.53. The molecular formula is C23H28N2O4. The maximum atomic E-state index is 12.5. The third-order valence-corrected chi connectivity index (χ3v) is 4.66. The number of hydrogen-bond acceptors (Lipinski definition) is 5. The Morgan fingerprint density at radius 3 is 2.52 bits per heavy atom. The molecular weight excluding hydrogens is 368 g/mol. The zero-order valence-corrected chi connectivity index (χ0v) is 16.8. The van der Waals surface area contributed by atoms with Crippen LogP contribution in [0.25, 0.3) is 0 Å². The van der Waals surface area contributed by atoms with Crippen molar-refractivity contribution in [2.24, 2.45) is 5.92 Å². The van der Waals surface area contributed by atoms with Gasteiger partial charge in [0.2, 0.25) is 5.91 Å². The Kier molecular flexibility index (Phi) is 7.64. The van der Waals surface area contributed by atoms with E-state index in [4.69, 9.17) is 9.47 Å². The number of benzene rings is 2. The SMILES string of the molecule is CCOC(=O)CN(CCC(=O)Nc1ccccc1Oc1ccccc1)CC1CC1. The first-order valence-corrected chi connectivity index (χ1v) is 10.1. The smallest absolute Gasteiger partial charge is 0.320 e. The van der Waals surface area contributed by atoms with Gasteiger partial charge in [-0.1, -0.05) is 30.3 Å². The highest BCUT2D eigenvalue weighted by molar-refractivity contribution is 5.92. The summed E-state index contributed by atoms with van der Waals surface area (Å²) in [6, 6.07) is 16.8. The predicted molar refractivity (Wildman–Crippen MR) is 112 cm³/mol. The summed E-state index contributed by atoms with van der Waals surface area (Å²) >= 11 is 0. The molecule has 1 fully saturated rings. The summed E-state index contributed by atoms with van der Waals surface area (Å²) < 4.78 is 10.9. The molecule has 1 saturated carbocycles. The summed E-state index contributed by atoms with van der Waals surface area (Å²) in [6.07, 6.45) is 2.68. The van der Waals surface area contributed by atoms with Crippen molar-refractivity contribution in [3.8, 4) is 11.5 Å². The van der Waals surface area contributed by atoms with Gasteiger partial charge in [0, 0.05) is 19.5 Å². The zero-order chi connectivity index (χ0) is 20.5. The second-order valence-corrected chi connectivity index (χ2v) is 7.19. The molecule has 0 saturated heterocycles. The fraction of sp³-hybridized carbons (Fsp3) is 0.391. The van der Waals surface area contributed by atoms with E-state index in [1.807, 2.05) is 59.5 Å². The minimum absolute atomic E-state index is 0.112. The van der Waals surface area contributed by atoms with E-state index in [9.17, 15) is 9.59 Å². The van der Waals surface area contributed by atoms with Crippen LogP contribution in [0.3, 0.4) is 0 Å². The molecule has 0 aliphatic heterocycles. The summed E-state index contributed by atoms with van der Waals surface area (Å²) in [7, 11) is 0. The molecule has 0 heterocycles. The highest BCUT2D eigenvalue weighted by atomic mass is 16.5. The van der Waals surface area contributed by atoms with Crippen LogP contribution in [0.15, 0.2) is 54.6 Å². The van der Waals surface area contributed by atoms with Crippen LogP contribution in [0.2, 0.25) is 0 Å². The summed E-state index contributed by atoms with van der Waals surface area (Å²) in [5.74, 6) is 1.58. The molecule has 1 amide bonds. The third kappa shape index (κ3) is 7.23. The fourth-order valence-electron chi connectivity index (χ4n) is 3.04. The summed E-state index contributed by atoms with van der Waals surface area (Å²) in [6.45, 7) is 3.74. The second kappa shape index (κ2) is 10.6. The molecule has 1 N–H and O–H groups in total. The van der Waals surface area contributed by atoms with Crippen LogP contribution in [-0.4, -0.2) is 43.0 Å². The van der Waals surface area contributed by atoms with Gasteiger partial charge in [-0.15, -0.1) is 0 Å². The van der Waals surface area contributed by atoms with Crippen LogP contribution < -0.4 is 10.1 Å². The van der Waals surface area contributed by atoms with Crippen molar-refractivity contribution >= 4 is 17.6 Å². The number of nitrogens with zero attached hydrogens (tertiary/aromatic N) is 1. The molecule has 0 radical (unpaired) electrons. The molecule has 0 aromatic heterocycles. The Balaban J connectivity index is 1.54. The summed E-state index contributed by atoms with van der Waals surface area (Å²) in [5.41, 5.74) is 0.625. The predicted octanol–water partition coefficient (Wildman–Crippen LogP) is 4.08. The Morgan fingerprint density at radius 2 is 1.79 bits per heavy atom. The lowest BCUT2D eigenvalue weighted by Crippen LogP contribution is -2.35. The highest BCUT2D eigenvalue weighted by Gasteiger charge is 2.25. The third-order valence-electron chi connectivity index (χ3n) is 4.66. The van der Waals surface area contributed by atoms with Crippen LogP contribution in [0, 0.1) is 5.92 Å². The van der Waals surface area contributed by atoms with Crippen LogP contribution in [0.5, 0.6) is 11.5 Å². The van der Waals surface area contributed by atoms with Gasteiger partial charge in [0.15, 0.2) is 5.75 Å². The van der Waals surface area contributed by atoms with Gasteiger partial charge in [0.1, 0.15) is 5.75 Å². The van der Waals surface area contributed by atoms with E-state index in [0.29, 0.717) is 42.7 Å². The Labute approximate surface area is 171 Å². The molecule has 0 spiro atoms. The molecule has 0 atom stereocenters. The fourth-order valence-corrected chi connectivity index (χ4v) is 3.04. The van der Waals surface area contributed by atoms with E-state index in [1.54, 1.807) is 6.92 Å². The van der Waals surface area contributed by atoms with E-state index in [0.717, 1.165) is 6.54 Å². The highest BCUT2D eigenvalue weighted by Crippen LogP contribution is 2.30. The minimum Gasteiger partial charge on any atom is -0.465 e. The van der Waals surface area contributed by atoms with E-state index in [2.05, 4.69) is 5.32 Å². The van der Waals surface area contributed by atoms with Gasteiger partial charge in [-0.2, -0.15) is 0 Å². The van der Waals surface area contributed by atoms with Gasteiger partial charge < -0.3 is 14.8 Å². The van der Waals surface area contributed by atoms with Crippen molar-refractivity contribution in [3.63, 3.8) is 0 Å². The molecule has 0 unspecified atom stereocenters. The monoisotopic (exact) mass is 396 g/mol. The van der Waals surface area contributed by atoms with Crippen molar-refractivity contribution in [1.29, 1.82) is 0 Å². The van der Waals surface area contributed by atoms with E-state index >= 15 is 0 Å². The number of para-hydroxylation sites is 3. The number of carbonyl (C=O) groups excluding carboxylic acids is 2. The van der Waals surface area contributed by atoms with Gasteiger partial charge in [0.25, 0.3) is 0 Å². The first-order valence-electron chi connectivity index (χ1n) is 10.1. The number of rotatable bonds is 11. The van der Waals surface area contributed by atoms with Crippen molar-refractivity contribution in [2.75, 3.05) is 31.6 Å². The molecule has 154 valence electrons. The normalized spacial score (nSPS) is 13.2. The molecule has 1 aliphatic carbocycles. The van der Waals surface area contributed by atoms with Crippen LogP contribution >= 0.6 is 0 Å². The second-order valence-electron chi connectivity index (χ2n) is 7.19. The maximum Gasteiger partial charge on any atom is 0.320 e. The maximum absolute atomic E-state index is 12.5. The molecule has 3 rings (SSSR count). The van der Waals surface area contributed by atoms with Crippen molar-refractivity contribution in [2.45, 2.75) is 26.2 Å². The van der Waals surface area contributed by atoms with Gasteiger partial charge in [-0.25, -0.2) is 0 Å². The average molecular weight is 396 g/mol. The lowest BCUT2D eigenvalue weighted by Gasteiger charge is -2.21. The topological polar surface area (TPSA) is 67.9 Å². The number of anilines is 1. The quantitative estimate of drug-likeness (QED) is 0.580. The van der Waals surface area contributed by atoms with Crippen molar-refractivity contribution in [3.05, 3.63) is 54.6 Å². The van der Waals surface area contributed by atoms with Crippen LogP contribution in [0.4, 0.5) is 5.69 Å². The molecule has 29 heavy (non-hydrogen) atoms. The van der Waals surface area contributed by atoms with Gasteiger partial charge in [-0.05, 0) is 49.9 Å². The van der Waals surface area contributed by atoms with Gasteiger partial charge >= 0.3 is 5.97 Å². The van der Waals surface area contributed by atoms with E-state index in [1.165, 1.54) is 12.8 Å². The molecule has 1 aliphatic rings. The number of esters is 1. The Hall–Kier alpha value is -2.86. The number of hydrogen-bond donors (Lipinski definition) is 1. The lowest BCUT2D eigenvalue weighted by molar-refractivity contribution is -0.144. The van der Waals surface area contributed by atoms with E-state index in [-0.39, 0.29) is 18.4 Å². The largest absolute Gasteiger partial charge is 0.465 e. The first kappa shape index (κ1) is 20.9. The number of amides is 1. The molecule has 6 heteroatoms. The van der Waals surface area contributed by atoms with Crippen LogP contribution in [0.1, 0.15) is 26.2 Å². The van der Waals surface area contributed by atoms with Crippen molar-refractivity contribution in [1.82, 2.24) is 4.90 Å². The Morgan fingerprint density at radius 1 is 1.07 bits per heavy atom. The van der Waals surface area contributed by atoms with Gasteiger partial charge in [-0.3, -0.25) is 14.5 Å². The minimum atomic E-state index is -0.241. The summed E-state index contributed by atoms with van der Waals surface area (Å²) in [4.78, 5) is 26.4. The van der Waals surface area contributed by atoms with Crippen LogP contribution in [-0.2, 0) is 14.3 Å². The van der Waals surface area contributed by atoms with Crippen molar-refractivity contribution < 1.29 is 19.1 Å². The molecule has 2 aromatic rings. The van der Waals surface area contributed by atoms with E-state index < -0.39 is 0 Å². The Bertz CT molecular complexity index is 806. The lowest BCUT2D eigenvalue weighted by atomic mass is 10.2. The molecule has 0 bridgehead atoms. The number of nitrogens with one attached hydrogen (secondary N) is 1.